The van der Waals surface area contributed by atoms with Gasteiger partial charge in [0.2, 0.25) is 0 Å². The number of phenolic OH excluding ortho intramolecular Hbond substituents is 2. The number of esters is 1. The van der Waals surface area contributed by atoms with E-state index < -0.39 is 55.2 Å². The van der Waals surface area contributed by atoms with Gasteiger partial charge in [-0.05, 0) is 82.9 Å². The molecule has 4 fully saturated rings. The third-order valence-corrected chi connectivity index (χ3v) is 15.7. The minimum Gasteiger partial charge on any atom is -0.870 e. The summed E-state index contributed by atoms with van der Waals surface area (Å²) in [6.45, 7) is 0.854. The quantitative estimate of drug-likeness (QED) is 0.0284. The van der Waals surface area contributed by atoms with Crippen molar-refractivity contribution >= 4 is 63.1 Å². The number of alkyl halides is 3. The molecule has 490 valence electrons. The van der Waals surface area contributed by atoms with Crippen LogP contribution in [0.2, 0.25) is 10.0 Å². The van der Waals surface area contributed by atoms with Crippen LogP contribution in [0, 0.1) is 0 Å². The van der Waals surface area contributed by atoms with Gasteiger partial charge in [0, 0.05) is 46.5 Å². The molecule has 93 heavy (non-hydrogen) atoms. The molecule has 2 amide bonds. The molecule has 4 saturated heterocycles. The summed E-state index contributed by atoms with van der Waals surface area (Å²) in [6.07, 6.45) is -8.75. The molecular weight excluding hydrogens is 1270 g/mol. The standard InChI is InChI=1S/C32H29ClF3N3O9.C30H30ClN3O8.Li.2H2O/c33-21-13-23-22(38-31(39-23)48-26-15-47-27-25(41)14-46-28(26)27)12-20(21)17-3-1-16(2-4-17)19-6-5-18(11-24(19)40)29(42)37-7-8-44-9-10-45-30(43)32(34,35)36;31-21-13-23-22(33-30(34-23)42-26-15-41-27-25(37)14-40-28(26)27)12-20(21)17-3-1-16(2-4-17)19-6-5-18(11-24(19)36)29(38)32-7-9-39-10-8-35;;;/h1-6,11-13,25-28,40-41H,7-10,14-15H2,(H,37,42)(H,38,39);1-6,11-13,25-28,35-37H,7-10,14-15H2,(H,32,38)(H,33,34);;2*1H2/q;;+1;;/p-1/t2*25-,26-,27-,28-;;;/m11.../s1. The van der Waals surface area contributed by atoms with Crippen LogP contribution in [0.5, 0.6) is 23.5 Å². The van der Waals surface area contributed by atoms with E-state index in [-0.39, 0.29) is 137 Å². The van der Waals surface area contributed by atoms with Crippen LogP contribution in [0.25, 0.3) is 66.6 Å². The summed E-state index contributed by atoms with van der Waals surface area (Å²) in [7, 11) is 0. The van der Waals surface area contributed by atoms with Gasteiger partial charge < -0.3 is 99.7 Å². The molecule has 8 atom stereocenters. The van der Waals surface area contributed by atoms with Crippen molar-refractivity contribution in [1.82, 2.24) is 30.6 Å². The molecule has 31 heteroatoms. The molecule has 2 aromatic heterocycles. The van der Waals surface area contributed by atoms with Gasteiger partial charge in [-0.2, -0.15) is 23.1 Å². The Labute approximate surface area is 549 Å². The number of imidazole rings is 2. The second-order valence-electron chi connectivity index (χ2n) is 21.1. The number of ether oxygens (including phenoxy) is 9. The van der Waals surface area contributed by atoms with Crippen molar-refractivity contribution in [2.75, 3.05) is 79.2 Å². The first kappa shape index (κ1) is 71.2. The number of carbonyl (C=O) groups is 3. The predicted octanol–water partition coefficient (Wildman–Crippen LogP) is 2.92. The average molecular weight is 1330 g/mol. The molecule has 0 unspecified atom stereocenters. The zero-order chi connectivity index (χ0) is 63.2. The molecule has 8 aromatic rings. The van der Waals surface area contributed by atoms with Crippen molar-refractivity contribution < 1.29 is 126 Å². The van der Waals surface area contributed by atoms with E-state index in [1.165, 1.54) is 18.2 Å². The van der Waals surface area contributed by atoms with Crippen LogP contribution in [0.3, 0.4) is 0 Å². The number of benzene rings is 6. The van der Waals surface area contributed by atoms with Crippen LogP contribution < -0.4 is 39.0 Å². The Morgan fingerprint density at radius 2 is 0.957 bits per heavy atom. The van der Waals surface area contributed by atoms with Crippen LogP contribution in [-0.4, -0.2) is 208 Å². The molecule has 4 aliphatic rings. The maximum Gasteiger partial charge on any atom is 1.00 e. The van der Waals surface area contributed by atoms with Gasteiger partial charge in [0.25, 0.3) is 23.8 Å². The number of aromatic amines is 2. The third kappa shape index (κ3) is 16.7. The molecule has 0 aliphatic carbocycles. The number of halogens is 5. The molecule has 12 rings (SSSR count). The summed E-state index contributed by atoms with van der Waals surface area (Å²) in [5.41, 5.74) is 8.87. The van der Waals surface area contributed by atoms with Crippen molar-refractivity contribution in [3.05, 3.63) is 130 Å². The van der Waals surface area contributed by atoms with E-state index in [2.05, 4.69) is 35.3 Å². The zero-order valence-electron chi connectivity index (χ0n) is 49.4. The summed E-state index contributed by atoms with van der Waals surface area (Å²) in [5, 5.41) is 56.3. The number of fused-ring (bicyclic) bond motifs is 4. The second kappa shape index (κ2) is 31.6. The summed E-state index contributed by atoms with van der Waals surface area (Å²) in [5.74, 6) is -3.27. The SMILES string of the molecule is O.O=C(NCCOCCO)c1ccc(-c2ccc(-c3cc4nc(O[C@@H]5CO[C@H]6[C@@H]5OC[C@H]6O)[nH]c4cc3Cl)cc2)c(O)c1.O=C(NCCOCCOC(=O)C(F)(F)F)c1ccc(-c2ccc(-c3cc4nc(O[C@@H]5CO[C@H]6[C@@H]5OC[C@H]6O)[nH]c4cc3Cl)cc2)c(O)c1.[Li+].[OH-]. The normalized spacial score (nSPS) is 20.3. The molecule has 12 N–H and O–H groups in total. The molecule has 25 nitrogen and oxygen atoms in total. The first-order chi connectivity index (χ1) is 43.4. The fourth-order valence-corrected chi connectivity index (χ4v) is 11.2. The van der Waals surface area contributed by atoms with Gasteiger partial charge in [0.15, 0.2) is 12.2 Å². The smallest absolute Gasteiger partial charge is 0.870 e. The van der Waals surface area contributed by atoms with Crippen molar-refractivity contribution in [2.24, 2.45) is 0 Å². The molecule has 4 aliphatic heterocycles. The van der Waals surface area contributed by atoms with Crippen LogP contribution >= 0.6 is 23.2 Å². The number of hydrogen-bond acceptors (Lipinski definition) is 20. The van der Waals surface area contributed by atoms with E-state index in [1.54, 1.807) is 42.5 Å². The molecule has 0 spiro atoms. The fourth-order valence-electron chi connectivity index (χ4n) is 10.7. The number of phenols is 2. The van der Waals surface area contributed by atoms with E-state index in [0.717, 1.165) is 27.8 Å². The van der Waals surface area contributed by atoms with Crippen molar-refractivity contribution in [1.29, 1.82) is 0 Å². The summed E-state index contributed by atoms with van der Waals surface area (Å²) >= 11 is 13.3. The minimum atomic E-state index is -5.07. The number of nitrogens with zero attached hydrogens (tertiary/aromatic N) is 2. The summed E-state index contributed by atoms with van der Waals surface area (Å²) in [6, 6.07) is 31.9. The van der Waals surface area contributed by atoms with E-state index in [4.69, 9.17) is 66.2 Å². The Kier molecular flexibility index (Phi) is 24.2. The Hall–Kier alpha value is -7.60. The number of rotatable bonds is 21. The second-order valence-corrected chi connectivity index (χ2v) is 21.9. The van der Waals surface area contributed by atoms with Gasteiger partial charge in [-0.1, -0.05) is 71.7 Å². The molecule has 0 saturated carbocycles. The third-order valence-electron chi connectivity index (χ3n) is 15.1. The van der Waals surface area contributed by atoms with Gasteiger partial charge in [-0.15, -0.1) is 0 Å². The van der Waals surface area contributed by atoms with E-state index in [1.807, 2.05) is 48.5 Å². The molecule has 0 radical (unpaired) electrons. The maximum absolute atomic E-state index is 12.5. The molecule has 0 bridgehead atoms. The Bertz CT molecular complexity index is 3890. The minimum absolute atomic E-state index is 0. The zero-order valence-corrected chi connectivity index (χ0v) is 50.9. The van der Waals surface area contributed by atoms with Crippen LogP contribution in [0.15, 0.2) is 109 Å². The first-order valence-electron chi connectivity index (χ1n) is 28.4. The van der Waals surface area contributed by atoms with Gasteiger partial charge >= 0.3 is 31.0 Å². The van der Waals surface area contributed by atoms with Crippen LogP contribution in [-0.2, 0) is 38.0 Å². The van der Waals surface area contributed by atoms with Gasteiger partial charge in [-0.3, -0.25) is 9.59 Å². The number of nitrogens with one attached hydrogen (secondary N) is 4. The average Bonchev–Trinajstić information content (AvgIpc) is 1.76. The summed E-state index contributed by atoms with van der Waals surface area (Å²) < 4.78 is 85.0. The number of aliphatic hydroxyl groups excluding tert-OH is 3. The van der Waals surface area contributed by atoms with Crippen molar-refractivity contribution in [3.8, 4) is 68.0 Å². The number of aliphatic hydroxyl groups is 3. The Morgan fingerprint density at radius 1 is 0.559 bits per heavy atom. The predicted molar refractivity (Wildman–Crippen MR) is 323 cm³/mol. The Morgan fingerprint density at radius 3 is 1.35 bits per heavy atom. The molecular formula is C62H62Cl2F3LiN6O19. The summed E-state index contributed by atoms with van der Waals surface area (Å²) in [4.78, 5) is 50.9. The van der Waals surface area contributed by atoms with Crippen LogP contribution in [0.1, 0.15) is 20.7 Å². The number of aromatic nitrogens is 4. The topological polar surface area (TPSA) is 378 Å². The monoisotopic (exact) mass is 1330 g/mol. The number of hydrogen-bond donors (Lipinski definition) is 9. The van der Waals surface area contributed by atoms with Crippen molar-refractivity contribution in [3.63, 3.8) is 0 Å². The number of carbonyl (C=O) groups excluding carboxylic acids is 3. The van der Waals surface area contributed by atoms with Gasteiger partial charge in [0.05, 0.1) is 91.6 Å². The van der Waals surface area contributed by atoms with E-state index in [9.17, 15) is 48.0 Å². The number of aromatic hydroxyl groups is 2. The Balaban J connectivity index is 0.000000233. The van der Waals surface area contributed by atoms with Crippen molar-refractivity contribution in [2.45, 2.75) is 55.0 Å². The number of amides is 2. The van der Waals surface area contributed by atoms with Gasteiger partial charge in [0.1, 0.15) is 54.7 Å². The largest absolute Gasteiger partial charge is 1.00 e. The van der Waals surface area contributed by atoms with Gasteiger partial charge in [-0.25, -0.2) is 4.79 Å². The molecule has 6 aromatic carbocycles. The maximum atomic E-state index is 12.5. The van der Waals surface area contributed by atoms with Crippen LogP contribution in [0.4, 0.5) is 13.2 Å². The van der Waals surface area contributed by atoms with E-state index in [0.29, 0.717) is 73.5 Å². The van der Waals surface area contributed by atoms with E-state index >= 15 is 0 Å². The molecule has 6 heterocycles. The first-order valence-corrected chi connectivity index (χ1v) is 29.1. The number of H-pyrrole nitrogens is 2. The fraction of sp³-hybridized carbons (Fsp3) is 0.339.